The number of nitrogens with one attached hydrogen (secondary N) is 1. The summed E-state index contributed by atoms with van der Waals surface area (Å²) < 4.78 is 8.46. The van der Waals surface area contributed by atoms with Crippen molar-refractivity contribution in [1.29, 1.82) is 0 Å². The van der Waals surface area contributed by atoms with E-state index in [9.17, 15) is 9.90 Å². The highest BCUT2D eigenvalue weighted by molar-refractivity contribution is 9.10. The Balaban J connectivity index is 1.76. The molecule has 30 heavy (non-hydrogen) atoms. The van der Waals surface area contributed by atoms with Crippen LogP contribution < -0.4 is 10.1 Å². The van der Waals surface area contributed by atoms with Crippen LogP contribution in [0.3, 0.4) is 0 Å². The molecule has 0 saturated heterocycles. The summed E-state index contributed by atoms with van der Waals surface area (Å²) in [7, 11) is 0. The first kappa shape index (κ1) is 19.8. The summed E-state index contributed by atoms with van der Waals surface area (Å²) in [4.78, 5) is 24.5. The second-order valence-corrected chi connectivity index (χ2v) is 7.35. The molecule has 0 radical (unpaired) electrons. The number of rotatable bonds is 5. The lowest BCUT2D eigenvalue weighted by Gasteiger charge is -2.19. The number of aromatic nitrogens is 5. The van der Waals surface area contributed by atoms with E-state index in [1.807, 2.05) is 38.2 Å². The number of nitrogens with zero attached hydrogens (tertiary/aromatic N) is 5. The van der Waals surface area contributed by atoms with Gasteiger partial charge in [0.1, 0.15) is 16.4 Å². The SMILES string of the molecule is Cc1cc2nc(NC(=O)O)c(O[C@@H](C)c3nc(Br)ccc3-n3cccn3)cc2cn1. The van der Waals surface area contributed by atoms with Gasteiger partial charge in [-0.3, -0.25) is 10.3 Å². The van der Waals surface area contributed by atoms with Crippen LogP contribution in [0.2, 0.25) is 0 Å². The minimum atomic E-state index is -1.23. The highest BCUT2D eigenvalue weighted by Crippen LogP contribution is 2.32. The van der Waals surface area contributed by atoms with Gasteiger partial charge in [0.15, 0.2) is 11.6 Å². The molecular weight excluding hydrogens is 452 g/mol. The van der Waals surface area contributed by atoms with E-state index in [-0.39, 0.29) is 11.6 Å². The Bertz CT molecular complexity index is 1230. The lowest BCUT2D eigenvalue weighted by molar-refractivity contribution is 0.207. The minimum Gasteiger partial charge on any atom is -0.480 e. The van der Waals surface area contributed by atoms with Gasteiger partial charge in [-0.05, 0) is 60.1 Å². The van der Waals surface area contributed by atoms with Crippen molar-refractivity contribution in [1.82, 2.24) is 24.7 Å². The van der Waals surface area contributed by atoms with Crippen LogP contribution in [0.5, 0.6) is 5.75 Å². The highest BCUT2D eigenvalue weighted by atomic mass is 79.9. The molecule has 1 atom stereocenters. The number of hydrogen-bond donors (Lipinski definition) is 2. The molecular formula is C20H17BrN6O3. The van der Waals surface area contributed by atoms with Gasteiger partial charge in [0.2, 0.25) is 0 Å². The Kier molecular flexibility index (Phi) is 5.32. The van der Waals surface area contributed by atoms with E-state index < -0.39 is 12.2 Å². The number of carboxylic acid groups (broad SMARTS) is 1. The second kappa shape index (κ2) is 8.07. The van der Waals surface area contributed by atoms with Crippen molar-refractivity contribution in [3.8, 4) is 11.4 Å². The fourth-order valence-corrected chi connectivity index (χ4v) is 3.35. The third-order valence-corrected chi connectivity index (χ3v) is 4.78. The molecule has 0 unspecified atom stereocenters. The molecule has 0 aliphatic rings. The van der Waals surface area contributed by atoms with E-state index in [4.69, 9.17) is 4.74 Å². The van der Waals surface area contributed by atoms with Crippen molar-refractivity contribution >= 4 is 38.7 Å². The maximum atomic E-state index is 11.3. The Morgan fingerprint density at radius 3 is 2.87 bits per heavy atom. The molecule has 0 aliphatic carbocycles. The van der Waals surface area contributed by atoms with Gasteiger partial charge in [-0.2, -0.15) is 5.10 Å². The molecule has 10 heteroatoms. The zero-order valence-corrected chi connectivity index (χ0v) is 17.7. The first-order valence-electron chi connectivity index (χ1n) is 9.01. The average molecular weight is 469 g/mol. The number of fused-ring (bicyclic) bond motifs is 1. The first-order valence-corrected chi connectivity index (χ1v) is 9.80. The minimum absolute atomic E-state index is 0.100. The lowest BCUT2D eigenvalue weighted by atomic mass is 10.2. The Labute approximate surface area is 179 Å². The topological polar surface area (TPSA) is 115 Å². The van der Waals surface area contributed by atoms with Crippen molar-refractivity contribution in [3.05, 3.63) is 64.9 Å². The molecule has 0 bridgehead atoms. The van der Waals surface area contributed by atoms with Crippen LogP contribution in [-0.4, -0.2) is 35.9 Å². The van der Waals surface area contributed by atoms with Crippen LogP contribution in [0.15, 0.2) is 53.5 Å². The molecule has 4 aromatic heterocycles. The number of aryl methyl sites for hydroxylation is 1. The lowest BCUT2D eigenvalue weighted by Crippen LogP contribution is -2.14. The average Bonchev–Trinajstić information content (AvgIpc) is 3.22. The number of carbonyl (C=O) groups is 1. The molecule has 152 valence electrons. The van der Waals surface area contributed by atoms with Crippen molar-refractivity contribution in [2.45, 2.75) is 20.0 Å². The number of halogens is 1. The van der Waals surface area contributed by atoms with Crippen LogP contribution in [-0.2, 0) is 0 Å². The number of pyridine rings is 3. The zero-order chi connectivity index (χ0) is 21.3. The van der Waals surface area contributed by atoms with E-state index in [2.05, 4.69) is 41.3 Å². The fourth-order valence-electron chi connectivity index (χ4n) is 3.02. The monoisotopic (exact) mass is 468 g/mol. The largest absolute Gasteiger partial charge is 0.480 e. The normalized spacial score (nSPS) is 12.0. The van der Waals surface area contributed by atoms with Crippen molar-refractivity contribution in [3.63, 3.8) is 0 Å². The highest BCUT2D eigenvalue weighted by Gasteiger charge is 2.20. The van der Waals surface area contributed by atoms with E-state index >= 15 is 0 Å². The summed E-state index contributed by atoms with van der Waals surface area (Å²) in [5.41, 5.74) is 2.76. The maximum Gasteiger partial charge on any atom is 0.410 e. The molecule has 0 spiro atoms. The number of amides is 1. The van der Waals surface area contributed by atoms with Gasteiger partial charge in [0.05, 0.1) is 11.2 Å². The third kappa shape index (κ3) is 4.08. The number of anilines is 1. The molecule has 0 aromatic carbocycles. The van der Waals surface area contributed by atoms with E-state index in [1.54, 1.807) is 29.2 Å². The molecule has 9 nitrogen and oxygen atoms in total. The molecule has 4 heterocycles. The summed E-state index contributed by atoms with van der Waals surface area (Å²) in [6.07, 6.45) is 3.39. The first-order chi connectivity index (χ1) is 14.4. The molecule has 0 saturated carbocycles. The molecule has 1 amide bonds. The Morgan fingerprint density at radius 1 is 1.30 bits per heavy atom. The van der Waals surface area contributed by atoms with Gasteiger partial charge < -0.3 is 9.84 Å². The van der Waals surface area contributed by atoms with Crippen molar-refractivity contribution in [2.24, 2.45) is 0 Å². The van der Waals surface area contributed by atoms with Crippen LogP contribution in [0.4, 0.5) is 10.6 Å². The maximum absolute atomic E-state index is 11.3. The van der Waals surface area contributed by atoms with Gasteiger partial charge >= 0.3 is 6.09 Å². The Morgan fingerprint density at radius 2 is 2.13 bits per heavy atom. The summed E-state index contributed by atoms with van der Waals surface area (Å²) in [6.45, 7) is 3.66. The van der Waals surface area contributed by atoms with Crippen molar-refractivity contribution in [2.75, 3.05) is 5.32 Å². The summed E-state index contributed by atoms with van der Waals surface area (Å²) in [6, 6.07) is 9.00. The summed E-state index contributed by atoms with van der Waals surface area (Å²) in [5, 5.41) is 16.5. The van der Waals surface area contributed by atoms with Gasteiger partial charge in [0.25, 0.3) is 0 Å². The van der Waals surface area contributed by atoms with E-state index in [0.29, 0.717) is 15.8 Å². The quantitative estimate of drug-likeness (QED) is 0.413. The zero-order valence-electron chi connectivity index (χ0n) is 16.1. The summed E-state index contributed by atoms with van der Waals surface area (Å²) >= 11 is 3.39. The van der Waals surface area contributed by atoms with Gasteiger partial charge in [0, 0.05) is 29.7 Å². The van der Waals surface area contributed by atoms with Crippen LogP contribution in [0.25, 0.3) is 16.6 Å². The molecule has 2 N–H and O–H groups in total. The molecule has 4 rings (SSSR count). The summed E-state index contributed by atoms with van der Waals surface area (Å²) in [5.74, 6) is 0.374. The number of ether oxygens (including phenoxy) is 1. The standard InChI is InChI=1S/C20H17BrN6O3/c1-11-8-14-13(10-22-11)9-16(19(24-14)26-20(28)29)30-12(2)18-15(4-5-17(21)25-18)27-7-3-6-23-27/h3-10,12H,1-2H3,(H,24,26)(H,28,29)/t12-/m0/s1. The van der Waals surface area contributed by atoms with E-state index in [0.717, 1.165) is 16.8 Å². The Hall–Kier alpha value is -3.53. The van der Waals surface area contributed by atoms with Crippen LogP contribution in [0, 0.1) is 6.92 Å². The number of hydrogen-bond acceptors (Lipinski definition) is 6. The second-order valence-electron chi connectivity index (χ2n) is 6.53. The molecule has 0 fully saturated rings. The van der Waals surface area contributed by atoms with Crippen LogP contribution in [0.1, 0.15) is 24.4 Å². The predicted molar refractivity (Wildman–Crippen MR) is 114 cm³/mol. The van der Waals surface area contributed by atoms with Gasteiger partial charge in [-0.25, -0.2) is 19.4 Å². The van der Waals surface area contributed by atoms with Gasteiger partial charge in [-0.1, -0.05) is 0 Å². The van der Waals surface area contributed by atoms with E-state index in [1.165, 1.54) is 0 Å². The third-order valence-electron chi connectivity index (χ3n) is 4.33. The van der Waals surface area contributed by atoms with Crippen molar-refractivity contribution < 1.29 is 14.6 Å². The molecule has 4 aromatic rings. The van der Waals surface area contributed by atoms with Gasteiger partial charge in [-0.15, -0.1) is 0 Å². The predicted octanol–water partition coefficient (Wildman–Crippen LogP) is 4.51. The smallest absolute Gasteiger partial charge is 0.410 e. The molecule has 0 aliphatic heterocycles. The van der Waals surface area contributed by atoms with Crippen LogP contribution >= 0.6 is 15.9 Å². The fraction of sp³-hybridized carbons (Fsp3) is 0.150.